The van der Waals surface area contributed by atoms with Gasteiger partial charge in [0.1, 0.15) is 5.82 Å². The molecule has 2 aromatic rings. The lowest BCUT2D eigenvalue weighted by Gasteiger charge is -2.11. The van der Waals surface area contributed by atoms with Crippen LogP contribution in [0.5, 0.6) is 0 Å². The van der Waals surface area contributed by atoms with E-state index in [1.165, 1.54) is 12.8 Å². The minimum absolute atomic E-state index is 0.389. The van der Waals surface area contributed by atoms with Crippen LogP contribution >= 0.6 is 27.5 Å². The first-order chi connectivity index (χ1) is 11.7. The molecule has 24 heavy (non-hydrogen) atoms. The van der Waals surface area contributed by atoms with Crippen molar-refractivity contribution in [3.63, 3.8) is 0 Å². The third kappa shape index (κ3) is 3.63. The van der Waals surface area contributed by atoms with Crippen LogP contribution in [0.1, 0.15) is 12.8 Å². The van der Waals surface area contributed by atoms with Gasteiger partial charge in [0.15, 0.2) is 5.82 Å². The highest BCUT2D eigenvalue weighted by Crippen LogP contribution is 2.34. The topological polar surface area (TPSA) is 73.9 Å². The van der Waals surface area contributed by atoms with Crippen LogP contribution in [0, 0.1) is 5.92 Å². The zero-order chi connectivity index (χ0) is 16.5. The van der Waals surface area contributed by atoms with E-state index in [2.05, 4.69) is 53.5 Å². The lowest BCUT2D eigenvalue weighted by atomic mass is 10.2. The third-order valence-corrected chi connectivity index (χ3v) is 4.78. The SMILES string of the molecule is Clc1ccc(Nc2ncc(Br)c(NC3=CC(C4CC4)NN3)n2)cc1. The molecule has 0 saturated heterocycles. The molecule has 1 aromatic heterocycles. The fourth-order valence-corrected chi connectivity index (χ4v) is 2.93. The fraction of sp³-hybridized carbons (Fsp3) is 0.250. The van der Waals surface area contributed by atoms with Gasteiger partial charge in [-0.05, 0) is 65.0 Å². The summed E-state index contributed by atoms with van der Waals surface area (Å²) in [6.07, 6.45) is 6.46. The van der Waals surface area contributed by atoms with E-state index in [0.29, 0.717) is 22.8 Å². The first-order valence-electron chi connectivity index (χ1n) is 7.73. The van der Waals surface area contributed by atoms with Crippen LogP contribution in [0.3, 0.4) is 0 Å². The maximum Gasteiger partial charge on any atom is 0.229 e. The molecule has 1 aliphatic carbocycles. The Bertz CT molecular complexity index is 775. The minimum Gasteiger partial charge on any atom is -0.325 e. The second-order valence-electron chi connectivity index (χ2n) is 5.86. The van der Waals surface area contributed by atoms with E-state index < -0.39 is 0 Å². The highest BCUT2D eigenvalue weighted by molar-refractivity contribution is 9.10. The van der Waals surface area contributed by atoms with Crippen molar-refractivity contribution >= 4 is 45.0 Å². The number of nitrogens with one attached hydrogen (secondary N) is 4. The average Bonchev–Trinajstić information content (AvgIpc) is 3.33. The van der Waals surface area contributed by atoms with Crippen molar-refractivity contribution in [1.29, 1.82) is 0 Å². The van der Waals surface area contributed by atoms with Crippen LogP contribution in [-0.4, -0.2) is 16.0 Å². The van der Waals surface area contributed by atoms with E-state index >= 15 is 0 Å². The zero-order valence-corrected chi connectivity index (χ0v) is 15.0. The summed E-state index contributed by atoms with van der Waals surface area (Å²) in [7, 11) is 0. The summed E-state index contributed by atoms with van der Waals surface area (Å²) in [6, 6.07) is 7.79. The fourth-order valence-electron chi connectivity index (χ4n) is 2.51. The molecule has 8 heteroatoms. The Morgan fingerprint density at radius 1 is 1.17 bits per heavy atom. The van der Waals surface area contributed by atoms with Crippen molar-refractivity contribution in [3.05, 3.63) is 51.9 Å². The average molecular weight is 408 g/mol. The van der Waals surface area contributed by atoms with E-state index in [1.54, 1.807) is 6.20 Å². The molecule has 2 heterocycles. The Morgan fingerprint density at radius 3 is 2.71 bits per heavy atom. The quantitative estimate of drug-likeness (QED) is 0.604. The van der Waals surface area contributed by atoms with Crippen LogP contribution in [0.4, 0.5) is 17.5 Å². The molecule has 1 aromatic carbocycles. The van der Waals surface area contributed by atoms with Gasteiger partial charge in [0.2, 0.25) is 5.95 Å². The van der Waals surface area contributed by atoms with Gasteiger partial charge in [0.25, 0.3) is 0 Å². The van der Waals surface area contributed by atoms with Gasteiger partial charge in [-0.15, -0.1) is 0 Å². The molecule has 1 atom stereocenters. The van der Waals surface area contributed by atoms with Crippen molar-refractivity contribution in [2.24, 2.45) is 5.92 Å². The number of hydrogen-bond acceptors (Lipinski definition) is 6. The highest BCUT2D eigenvalue weighted by atomic mass is 79.9. The standard InChI is InChI=1S/C16H16BrClN6/c17-12-8-19-16(20-11-5-3-10(18)4-6-11)22-15(12)21-14-7-13(23-24-14)9-1-2-9/h3-9,13,23-24H,1-2H2,(H2,19,20,21,22). The lowest BCUT2D eigenvalue weighted by Crippen LogP contribution is -2.34. The number of hydrazine groups is 1. The summed E-state index contributed by atoms with van der Waals surface area (Å²) >= 11 is 9.38. The van der Waals surface area contributed by atoms with Crippen LogP contribution in [-0.2, 0) is 0 Å². The van der Waals surface area contributed by atoms with Crippen molar-refractivity contribution in [3.8, 4) is 0 Å². The second-order valence-corrected chi connectivity index (χ2v) is 7.15. The Balaban J connectivity index is 1.49. The first-order valence-corrected chi connectivity index (χ1v) is 8.90. The van der Waals surface area contributed by atoms with E-state index in [-0.39, 0.29) is 0 Å². The van der Waals surface area contributed by atoms with E-state index in [0.717, 1.165) is 21.9 Å². The largest absolute Gasteiger partial charge is 0.325 e. The normalized spacial score (nSPS) is 19.6. The molecule has 124 valence electrons. The molecule has 0 radical (unpaired) electrons. The summed E-state index contributed by atoms with van der Waals surface area (Å²) in [5.74, 6) is 2.85. The van der Waals surface area contributed by atoms with E-state index in [1.807, 2.05) is 24.3 Å². The molecular weight excluding hydrogens is 392 g/mol. The Kier molecular flexibility index (Phi) is 4.30. The molecule has 1 aliphatic heterocycles. The Morgan fingerprint density at radius 2 is 1.96 bits per heavy atom. The zero-order valence-electron chi connectivity index (χ0n) is 12.7. The highest BCUT2D eigenvalue weighted by Gasteiger charge is 2.32. The van der Waals surface area contributed by atoms with E-state index in [9.17, 15) is 0 Å². The summed E-state index contributed by atoms with van der Waals surface area (Å²) in [4.78, 5) is 8.80. The van der Waals surface area contributed by atoms with Gasteiger partial charge in [-0.25, -0.2) is 10.4 Å². The Labute approximate surface area is 153 Å². The molecular formula is C16H16BrClN6. The van der Waals surface area contributed by atoms with Crippen LogP contribution in [0.2, 0.25) is 5.02 Å². The molecule has 0 amide bonds. The number of halogens is 2. The number of rotatable bonds is 5. The summed E-state index contributed by atoms with van der Waals surface area (Å²) in [5, 5.41) is 7.14. The second kappa shape index (κ2) is 6.58. The van der Waals surface area contributed by atoms with Crippen LogP contribution in [0.25, 0.3) is 0 Å². The lowest BCUT2D eigenvalue weighted by molar-refractivity contribution is 0.530. The summed E-state index contributed by atoms with van der Waals surface area (Å²) in [6.45, 7) is 0. The summed E-state index contributed by atoms with van der Waals surface area (Å²) in [5.41, 5.74) is 7.32. The van der Waals surface area contributed by atoms with Crippen molar-refractivity contribution in [2.75, 3.05) is 10.6 Å². The number of anilines is 3. The third-order valence-electron chi connectivity index (χ3n) is 3.95. The minimum atomic E-state index is 0.389. The number of benzene rings is 1. The molecule has 1 fully saturated rings. The molecule has 0 spiro atoms. The molecule has 1 saturated carbocycles. The predicted octanol–water partition coefficient (Wildman–Crippen LogP) is 3.78. The monoisotopic (exact) mass is 406 g/mol. The maximum absolute atomic E-state index is 5.90. The van der Waals surface area contributed by atoms with Gasteiger partial charge in [-0.3, -0.25) is 0 Å². The predicted molar refractivity (Wildman–Crippen MR) is 99.0 cm³/mol. The van der Waals surface area contributed by atoms with Gasteiger partial charge < -0.3 is 16.1 Å². The van der Waals surface area contributed by atoms with Crippen molar-refractivity contribution < 1.29 is 0 Å². The summed E-state index contributed by atoms with van der Waals surface area (Å²) < 4.78 is 0.793. The van der Waals surface area contributed by atoms with Gasteiger partial charge >= 0.3 is 0 Å². The number of hydrogen-bond donors (Lipinski definition) is 4. The van der Waals surface area contributed by atoms with Crippen molar-refractivity contribution in [2.45, 2.75) is 18.9 Å². The van der Waals surface area contributed by atoms with Gasteiger partial charge in [0, 0.05) is 16.9 Å². The smallest absolute Gasteiger partial charge is 0.229 e. The van der Waals surface area contributed by atoms with Crippen LogP contribution < -0.4 is 21.5 Å². The molecule has 4 N–H and O–H groups in total. The molecule has 2 aliphatic rings. The molecule has 0 bridgehead atoms. The number of nitrogens with zero attached hydrogens (tertiary/aromatic N) is 2. The maximum atomic E-state index is 5.90. The molecule has 4 rings (SSSR count). The first kappa shape index (κ1) is 15.7. The van der Waals surface area contributed by atoms with Gasteiger partial charge in [-0.2, -0.15) is 4.98 Å². The van der Waals surface area contributed by atoms with Crippen molar-refractivity contribution in [1.82, 2.24) is 20.8 Å². The molecule has 1 unspecified atom stereocenters. The number of aromatic nitrogens is 2. The Hall–Kier alpha value is -1.83. The molecule has 6 nitrogen and oxygen atoms in total. The van der Waals surface area contributed by atoms with E-state index in [4.69, 9.17) is 11.6 Å². The van der Waals surface area contributed by atoms with Gasteiger partial charge in [-0.1, -0.05) is 11.6 Å². The van der Waals surface area contributed by atoms with Gasteiger partial charge in [0.05, 0.1) is 10.5 Å². The van der Waals surface area contributed by atoms with Crippen LogP contribution in [0.15, 0.2) is 46.8 Å².